The van der Waals surface area contributed by atoms with Crippen LogP contribution in [0.3, 0.4) is 0 Å². The standard InChI is InChI=1S/C18H16FN3O2/c19-13-4-2-1-3-11(13)10-5-6-15-12(9-10)18(24)22-8-7-14(20)16(22)17(23)21-15/h1-6,9,14,16H,7-8,20H2,(H,21,23). The van der Waals surface area contributed by atoms with E-state index in [-0.39, 0.29) is 23.7 Å². The Labute approximate surface area is 138 Å². The van der Waals surface area contributed by atoms with Crippen molar-refractivity contribution < 1.29 is 14.0 Å². The van der Waals surface area contributed by atoms with Crippen molar-refractivity contribution in [2.24, 2.45) is 5.73 Å². The van der Waals surface area contributed by atoms with Crippen LogP contribution in [0.15, 0.2) is 42.5 Å². The van der Waals surface area contributed by atoms with Gasteiger partial charge in [0.15, 0.2) is 0 Å². The monoisotopic (exact) mass is 325 g/mol. The van der Waals surface area contributed by atoms with Gasteiger partial charge in [-0.2, -0.15) is 0 Å². The van der Waals surface area contributed by atoms with E-state index in [0.29, 0.717) is 35.3 Å². The number of carbonyl (C=O) groups excluding carboxylic acids is 2. The Morgan fingerprint density at radius 2 is 1.92 bits per heavy atom. The van der Waals surface area contributed by atoms with E-state index in [2.05, 4.69) is 5.32 Å². The van der Waals surface area contributed by atoms with Gasteiger partial charge in [-0.1, -0.05) is 24.3 Å². The van der Waals surface area contributed by atoms with Gasteiger partial charge in [0.1, 0.15) is 11.9 Å². The molecule has 0 saturated carbocycles. The summed E-state index contributed by atoms with van der Waals surface area (Å²) in [5.74, 6) is -0.881. The zero-order valence-electron chi connectivity index (χ0n) is 12.8. The van der Waals surface area contributed by atoms with Crippen LogP contribution in [0.2, 0.25) is 0 Å². The van der Waals surface area contributed by atoms with Crippen LogP contribution in [0.25, 0.3) is 11.1 Å². The summed E-state index contributed by atoms with van der Waals surface area (Å²) in [5, 5.41) is 2.77. The molecular weight excluding hydrogens is 309 g/mol. The van der Waals surface area contributed by atoms with Gasteiger partial charge in [-0.3, -0.25) is 9.59 Å². The fourth-order valence-electron chi connectivity index (χ4n) is 3.43. The van der Waals surface area contributed by atoms with Crippen molar-refractivity contribution in [2.75, 3.05) is 11.9 Å². The van der Waals surface area contributed by atoms with Crippen LogP contribution in [0.1, 0.15) is 16.8 Å². The number of nitrogens with two attached hydrogens (primary N) is 1. The Morgan fingerprint density at radius 1 is 1.12 bits per heavy atom. The molecule has 5 nitrogen and oxygen atoms in total. The number of hydrogen-bond donors (Lipinski definition) is 2. The minimum Gasteiger partial charge on any atom is -0.325 e. The van der Waals surface area contributed by atoms with Gasteiger partial charge in [0.05, 0.1) is 11.3 Å². The molecular formula is C18H16FN3O2. The van der Waals surface area contributed by atoms with Gasteiger partial charge in [-0.15, -0.1) is 0 Å². The Hall–Kier alpha value is -2.73. The van der Waals surface area contributed by atoms with E-state index in [4.69, 9.17) is 5.73 Å². The molecule has 1 saturated heterocycles. The van der Waals surface area contributed by atoms with Gasteiger partial charge in [-0.25, -0.2) is 4.39 Å². The molecule has 2 aromatic carbocycles. The molecule has 0 bridgehead atoms. The summed E-state index contributed by atoms with van der Waals surface area (Å²) in [6.45, 7) is 0.446. The summed E-state index contributed by atoms with van der Waals surface area (Å²) in [5.41, 5.74) is 7.79. The Bertz CT molecular complexity index is 852. The molecule has 0 aliphatic carbocycles. The molecule has 2 amide bonds. The number of benzene rings is 2. The summed E-state index contributed by atoms with van der Waals surface area (Å²) >= 11 is 0. The Kier molecular flexibility index (Phi) is 3.35. The number of nitrogens with zero attached hydrogens (tertiary/aromatic N) is 1. The molecule has 2 aromatic rings. The molecule has 2 unspecified atom stereocenters. The van der Waals surface area contributed by atoms with E-state index in [9.17, 15) is 14.0 Å². The molecule has 2 aliphatic heterocycles. The smallest absolute Gasteiger partial charge is 0.256 e. The maximum atomic E-state index is 14.0. The van der Waals surface area contributed by atoms with Crippen LogP contribution in [0.5, 0.6) is 0 Å². The molecule has 6 heteroatoms. The van der Waals surface area contributed by atoms with Crippen molar-refractivity contribution >= 4 is 17.5 Å². The van der Waals surface area contributed by atoms with Crippen molar-refractivity contribution in [3.8, 4) is 11.1 Å². The number of fused-ring (bicyclic) bond motifs is 2. The highest BCUT2D eigenvalue weighted by Gasteiger charge is 2.43. The largest absolute Gasteiger partial charge is 0.325 e. The van der Waals surface area contributed by atoms with Gasteiger partial charge in [0.25, 0.3) is 5.91 Å². The molecule has 0 aromatic heterocycles. The van der Waals surface area contributed by atoms with E-state index in [0.717, 1.165) is 0 Å². The van der Waals surface area contributed by atoms with Crippen LogP contribution in [0, 0.1) is 5.82 Å². The summed E-state index contributed by atoms with van der Waals surface area (Å²) in [4.78, 5) is 26.8. The summed E-state index contributed by atoms with van der Waals surface area (Å²) in [6, 6.07) is 10.3. The molecule has 0 spiro atoms. The number of amides is 2. The Balaban J connectivity index is 1.82. The molecule has 4 rings (SSSR count). The third-order valence-corrected chi connectivity index (χ3v) is 4.67. The normalized spacial score (nSPS) is 22.7. The number of nitrogens with one attached hydrogen (secondary N) is 1. The second-order valence-corrected chi connectivity index (χ2v) is 6.13. The summed E-state index contributed by atoms with van der Waals surface area (Å²) in [7, 11) is 0. The van der Waals surface area contributed by atoms with E-state index in [1.807, 2.05) is 0 Å². The lowest BCUT2D eigenvalue weighted by Gasteiger charge is -2.22. The number of hydrogen-bond acceptors (Lipinski definition) is 3. The fourth-order valence-corrected chi connectivity index (χ4v) is 3.43. The summed E-state index contributed by atoms with van der Waals surface area (Å²) in [6.07, 6.45) is 0.589. The SMILES string of the molecule is NC1CCN2C(=O)c3cc(-c4ccccc4F)ccc3NC(=O)C12. The molecule has 1 fully saturated rings. The highest BCUT2D eigenvalue weighted by Crippen LogP contribution is 2.32. The average molecular weight is 325 g/mol. The summed E-state index contributed by atoms with van der Waals surface area (Å²) < 4.78 is 14.0. The van der Waals surface area contributed by atoms with Crippen LogP contribution >= 0.6 is 0 Å². The van der Waals surface area contributed by atoms with Crippen molar-refractivity contribution in [3.63, 3.8) is 0 Å². The maximum absolute atomic E-state index is 14.0. The molecule has 0 radical (unpaired) electrons. The topological polar surface area (TPSA) is 75.4 Å². The van der Waals surface area contributed by atoms with Gasteiger partial charge in [0, 0.05) is 18.2 Å². The third kappa shape index (κ3) is 2.18. The molecule has 122 valence electrons. The highest BCUT2D eigenvalue weighted by molar-refractivity contribution is 6.11. The van der Waals surface area contributed by atoms with Gasteiger partial charge in [-0.05, 0) is 30.2 Å². The van der Waals surface area contributed by atoms with Crippen molar-refractivity contribution in [2.45, 2.75) is 18.5 Å². The quantitative estimate of drug-likeness (QED) is 0.842. The second kappa shape index (κ2) is 5.42. The minimum absolute atomic E-state index is 0.250. The molecule has 2 heterocycles. The molecule has 2 aliphatic rings. The van der Waals surface area contributed by atoms with E-state index >= 15 is 0 Å². The van der Waals surface area contributed by atoms with E-state index < -0.39 is 6.04 Å². The van der Waals surface area contributed by atoms with E-state index in [1.54, 1.807) is 36.4 Å². The molecule has 2 atom stereocenters. The van der Waals surface area contributed by atoms with E-state index in [1.165, 1.54) is 11.0 Å². The van der Waals surface area contributed by atoms with Gasteiger partial charge in [0.2, 0.25) is 5.91 Å². The van der Waals surface area contributed by atoms with Crippen LogP contribution in [-0.4, -0.2) is 35.3 Å². The average Bonchev–Trinajstić information content (AvgIpc) is 2.92. The van der Waals surface area contributed by atoms with Crippen molar-refractivity contribution in [1.29, 1.82) is 0 Å². The molecule has 3 N–H and O–H groups in total. The zero-order valence-corrected chi connectivity index (χ0v) is 12.8. The minimum atomic E-state index is -0.651. The fraction of sp³-hybridized carbons (Fsp3) is 0.222. The lowest BCUT2D eigenvalue weighted by molar-refractivity contribution is -0.119. The maximum Gasteiger partial charge on any atom is 0.256 e. The highest BCUT2D eigenvalue weighted by atomic mass is 19.1. The Morgan fingerprint density at radius 3 is 2.71 bits per heavy atom. The number of anilines is 1. The zero-order chi connectivity index (χ0) is 16.8. The van der Waals surface area contributed by atoms with Crippen LogP contribution < -0.4 is 11.1 Å². The van der Waals surface area contributed by atoms with Gasteiger partial charge < -0.3 is 16.0 Å². The van der Waals surface area contributed by atoms with Crippen LogP contribution in [-0.2, 0) is 4.79 Å². The van der Waals surface area contributed by atoms with Crippen molar-refractivity contribution in [1.82, 2.24) is 4.90 Å². The second-order valence-electron chi connectivity index (χ2n) is 6.13. The van der Waals surface area contributed by atoms with Crippen LogP contribution in [0.4, 0.5) is 10.1 Å². The van der Waals surface area contributed by atoms with Crippen molar-refractivity contribution in [3.05, 3.63) is 53.8 Å². The first-order valence-corrected chi connectivity index (χ1v) is 7.82. The number of halogens is 1. The lowest BCUT2D eigenvalue weighted by Crippen LogP contribution is -2.48. The number of carbonyl (C=O) groups is 2. The first-order valence-electron chi connectivity index (χ1n) is 7.82. The first-order chi connectivity index (χ1) is 11.6. The third-order valence-electron chi connectivity index (χ3n) is 4.67. The van der Waals surface area contributed by atoms with Gasteiger partial charge >= 0.3 is 0 Å². The molecule has 24 heavy (non-hydrogen) atoms. The predicted molar refractivity (Wildman–Crippen MR) is 87.9 cm³/mol. The number of rotatable bonds is 1. The first kappa shape index (κ1) is 14.8. The predicted octanol–water partition coefficient (Wildman–Crippen LogP) is 1.99. The lowest BCUT2D eigenvalue weighted by atomic mass is 10.0.